The van der Waals surface area contributed by atoms with E-state index in [1.165, 1.54) is 0 Å². The van der Waals surface area contributed by atoms with E-state index in [2.05, 4.69) is 23.3 Å². The van der Waals surface area contributed by atoms with Crippen molar-refractivity contribution in [2.45, 2.75) is 25.8 Å². The third-order valence-corrected chi connectivity index (χ3v) is 4.86. The zero-order valence-corrected chi connectivity index (χ0v) is 14.4. The van der Waals surface area contributed by atoms with E-state index in [-0.39, 0.29) is 0 Å². The van der Waals surface area contributed by atoms with Gasteiger partial charge in [-0.25, -0.2) is 9.97 Å². The maximum atomic E-state index is 5.49. The number of pyridine rings is 1. The topological polar surface area (TPSA) is 59.9 Å². The molecule has 5 heteroatoms. The van der Waals surface area contributed by atoms with Gasteiger partial charge in [0.2, 0.25) is 0 Å². The molecule has 0 spiro atoms. The maximum absolute atomic E-state index is 5.49. The summed E-state index contributed by atoms with van der Waals surface area (Å²) in [6.07, 6.45) is 5.74. The number of para-hydroxylation sites is 1. The molecule has 1 atom stereocenters. The maximum Gasteiger partial charge on any atom is 0.163 e. The summed E-state index contributed by atoms with van der Waals surface area (Å²) < 4.78 is 5.49. The molecule has 1 aromatic carbocycles. The van der Waals surface area contributed by atoms with Gasteiger partial charge in [-0.1, -0.05) is 12.1 Å². The molecule has 1 aliphatic heterocycles. The predicted molar refractivity (Wildman–Crippen MR) is 99.4 cm³/mol. The lowest BCUT2D eigenvalue weighted by molar-refractivity contribution is 0.0622. The average Bonchev–Trinajstić information content (AvgIpc) is 2.69. The minimum absolute atomic E-state index is 0.337. The normalized spacial score (nSPS) is 16.7. The summed E-state index contributed by atoms with van der Waals surface area (Å²) in [6, 6.07) is 12.4. The van der Waals surface area contributed by atoms with Crippen LogP contribution in [0, 0.1) is 5.92 Å². The second-order valence-corrected chi connectivity index (χ2v) is 6.54. The average molecular weight is 334 g/mol. The lowest BCUT2D eigenvalue weighted by Gasteiger charge is -2.29. The molecule has 4 rings (SSSR count). The Labute approximate surface area is 147 Å². The van der Waals surface area contributed by atoms with Crippen molar-refractivity contribution in [3.63, 3.8) is 0 Å². The lowest BCUT2D eigenvalue weighted by atomic mass is 9.93. The molecule has 1 N–H and O–H groups in total. The highest BCUT2D eigenvalue weighted by molar-refractivity contribution is 5.90. The van der Waals surface area contributed by atoms with Crippen molar-refractivity contribution in [3.05, 3.63) is 48.8 Å². The SMILES string of the molecule is CC(Nc1nc(-c2cccnc2)nc2ccccc12)C1CCOCC1. The Morgan fingerprint density at radius 2 is 1.92 bits per heavy atom. The summed E-state index contributed by atoms with van der Waals surface area (Å²) >= 11 is 0. The minimum atomic E-state index is 0.337. The van der Waals surface area contributed by atoms with Crippen molar-refractivity contribution in [1.82, 2.24) is 15.0 Å². The van der Waals surface area contributed by atoms with Crippen LogP contribution >= 0.6 is 0 Å². The summed E-state index contributed by atoms with van der Waals surface area (Å²) in [5.74, 6) is 2.20. The molecule has 128 valence electrons. The van der Waals surface area contributed by atoms with Crippen LogP contribution in [-0.4, -0.2) is 34.2 Å². The molecule has 25 heavy (non-hydrogen) atoms. The van der Waals surface area contributed by atoms with Crippen LogP contribution in [0.4, 0.5) is 5.82 Å². The van der Waals surface area contributed by atoms with Crippen LogP contribution in [0.1, 0.15) is 19.8 Å². The van der Waals surface area contributed by atoms with E-state index in [9.17, 15) is 0 Å². The van der Waals surface area contributed by atoms with E-state index in [0.29, 0.717) is 17.8 Å². The number of ether oxygens (including phenoxy) is 1. The van der Waals surface area contributed by atoms with Crippen LogP contribution in [-0.2, 0) is 4.74 Å². The number of nitrogens with zero attached hydrogens (tertiary/aromatic N) is 3. The van der Waals surface area contributed by atoms with Gasteiger partial charge >= 0.3 is 0 Å². The largest absolute Gasteiger partial charge is 0.381 e. The number of hydrogen-bond donors (Lipinski definition) is 1. The highest BCUT2D eigenvalue weighted by atomic mass is 16.5. The summed E-state index contributed by atoms with van der Waals surface area (Å²) in [5, 5.41) is 4.69. The zero-order chi connectivity index (χ0) is 17.1. The minimum Gasteiger partial charge on any atom is -0.381 e. The number of aromatic nitrogens is 3. The van der Waals surface area contributed by atoms with Gasteiger partial charge in [0.1, 0.15) is 5.82 Å². The van der Waals surface area contributed by atoms with Crippen molar-refractivity contribution in [2.24, 2.45) is 5.92 Å². The third kappa shape index (κ3) is 3.46. The Morgan fingerprint density at radius 1 is 1.08 bits per heavy atom. The molecule has 2 aromatic heterocycles. The Balaban J connectivity index is 1.71. The Kier molecular flexibility index (Phi) is 4.57. The first-order chi connectivity index (χ1) is 12.3. The molecular formula is C20H22N4O. The predicted octanol–water partition coefficient (Wildman–Crippen LogP) is 3.92. The molecule has 0 saturated carbocycles. The molecule has 0 aliphatic carbocycles. The standard InChI is InChI=1S/C20H22N4O/c1-14(15-8-11-25-12-9-15)22-20-17-6-2-3-7-18(17)23-19(24-20)16-5-4-10-21-13-16/h2-7,10,13-15H,8-9,11-12H2,1H3,(H,22,23,24). The first kappa shape index (κ1) is 16.0. The second-order valence-electron chi connectivity index (χ2n) is 6.54. The van der Waals surface area contributed by atoms with E-state index < -0.39 is 0 Å². The lowest BCUT2D eigenvalue weighted by Crippen LogP contribution is -2.31. The van der Waals surface area contributed by atoms with Crippen LogP contribution in [0.3, 0.4) is 0 Å². The van der Waals surface area contributed by atoms with E-state index >= 15 is 0 Å². The van der Waals surface area contributed by atoms with Crippen LogP contribution in [0.25, 0.3) is 22.3 Å². The van der Waals surface area contributed by atoms with Crippen molar-refractivity contribution in [2.75, 3.05) is 18.5 Å². The molecule has 0 amide bonds. The second kappa shape index (κ2) is 7.15. The Hall–Kier alpha value is -2.53. The molecule has 1 fully saturated rings. The highest BCUT2D eigenvalue weighted by Gasteiger charge is 2.21. The highest BCUT2D eigenvalue weighted by Crippen LogP contribution is 2.27. The third-order valence-electron chi connectivity index (χ3n) is 4.86. The van der Waals surface area contributed by atoms with Crippen molar-refractivity contribution in [3.8, 4) is 11.4 Å². The zero-order valence-electron chi connectivity index (χ0n) is 14.4. The number of anilines is 1. The number of fused-ring (bicyclic) bond motifs is 1. The molecule has 5 nitrogen and oxygen atoms in total. The summed E-state index contributed by atoms with van der Waals surface area (Å²) in [5.41, 5.74) is 1.87. The number of hydrogen-bond acceptors (Lipinski definition) is 5. The van der Waals surface area contributed by atoms with E-state index in [0.717, 1.165) is 48.3 Å². The van der Waals surface area contributed by atoms with Gasteiger partial charge in [-0.15, -0.1) is 0 Å². The van der Waals surface area contributed by atoms with Gasteiger partial charge in [0, 0.05) is 42.6 Å². The number of nitrogens with one attached hydrogen (secondary N) is 1. The molecule has 3 aromatic rings. The first-order valence-corrected chi connectivity index (χ1v) is 8.83. The van der Waals surface area contributed by atoms with Crippen LogP contribution in [0.15, 0.2) is 48.8 Å². The smallest absolute Gasteiger partial charge is 0.163 e. The fraction of sp³-hybridized carbons (Fsp3) is 0.350. The Bertz CT molecular complexity index is 847. The van der Waals surface area contributed by atoms with Crippen molar-refractivity contribution < 1.29 is 4.74 Å². The summed E-state index contributed by atoms with van der Waals surface area (Å²) in [4.78, 5) is 13.7. The van der Waals surface area contributed by atoms with Gasteiger partial charge in [0.05, 0.1) is 5.52 Å². The van der Waals surface area contributed by atoms with Gasteiger partial charge in [0.25, 0.3) is 0 Å². The van der Waals surface area contributed by atoms with Crippen molar-refractivity contribution in [1.29, 1.82) is 0 Å². The molecule has 0 bridgehead atoms. The van der Waals surface area contributed by atoms with E-state index in [4.69, 9.17) is 14.7 Å². The van der Waals surface area contributed by atoms with Crippen LogP contribution < -0.4 is 5.32 Å². The van der Waals surface area contributed by atoms with Gasteiger partial charge in [-0.05, 0) is 49.9 Å². The summed E-state index contributed by atoms with van der Waals surface area (Å²) in [6.45, 7) is 3.93. The fourth-order valence-corrected chi connectivity index (χ4v) is 3.36. The molecule has 0 radical (unpaired) electrons. The van der Waals surface area contributed by atoms with Crippen LogP contribution in [0.5, 0.6) is 0 Å². The van der Waals surface area contributed by atoms with Gasteiger partial charge in [-0.3, -0.25) is 4.98 Å². The first-order valence-electron chi connectivity index (χ1n) is 8.83. The van der Waals surface area contributed by atoms with Crippen LogP contribution in [0.2, 0.25) is 0 Å². The molecule has 1 saturated heterocycles. The van der Waals surface area contributed by atoms with Gasteiger partial charge < -0.3 is 10.1 Å². The molecule has 1 unspecified atom stereocenters. The number of rotatable bonds is 4. The molecular weight excluding hydrogens is 312 g/mol. The van der Waals surface area contributed by atoms with Gasteiger partial charge in [-0.2, -0.15) is 0 Å². The fourth-order valence-electron chi connectivity index (χ4n) is 3.36. The van der Waals surface area contributed by atoms with E-state index in [1.54, 1.807) is 12.4 Å². The Morgan fingerprint density at radius 3 is 2.72 bits per heavy atom. The van der Waals surface area contributed by atoms with Crippen molar-refractivity contribution >= 4 is 16.7 Å². The summed E-state index contributed by atoms with van der Waals surface area (Å²) in [7, 11) is 0. The number of benzene rings is 1. The molecule has 3 heterocycles. The van der Waals surface area contributed by atoms with E-state index in [1.807, 2.05) is 30.3 Å². The monoisotopic (exact) mass is 334 g/mol. The van der Waals surface area contributed by atoms with Gasteiger partial charge in [0.15, 0.2) is 5.82 Å². The molecule has 1 aliphatic rings. The quantitative estimate of drug-likeness (QED) is 0.783.